The maximum absolute atomic E-state index is 12.6. The van der Waals surface area contributed by atoms with Crippen molar-refractivity contribution in [2.24, 2.45) is 5.92 Å². The van der Waals surface area contributed by atoms with Gasteiger partial charge in [-0.25, -0.2) is 9.59 Å². The summed E-state index contributed by atoms with van der Waals surface area (Å²) in [5, 5.41) is 9.40. The lowest BCUT2D eigenvalue weighted by Gasteiger charge is -2.35. The number of likely N-dealkylation sites (tertiary alicyclic amines) is 1. The molecule has 5 nitrogen and oxygen atoms in total. The normalized spacial score (nSPS) is 33.9. The molecule has 5 heteroatoms. The Kier molecular flexibility index (Phi) is 3.15. The number of aliphatic carboxylic acids is 1. The highest BCUT2D eigenvalue weighted by Crippen LogP contribution is 2.41. The van der Waals surface area contributed by atoms with E-state index in [-0.39, 0.29) is 12.1 Å². The number of carboxylic acids is 1. The molecule has 0 radical (unpaired) electrons. The summed E-state index contributed by atoms with van der Waals surface area (Å²) in [4.78, 5) is 27.5. The predicted octanol–water partition coefficient (Wildman–Crippen LogP) is 1.92. The minimum absolute atomic E-state index is 0.0655. The lowest BCUT2D eigenvalue weighted by molar-refractivity contribution is -0.141. The Morgan fingerprint density at radius 2 is 1.84 bits per heavy atom. The van der Waals surface area contributed by atoms with E-state index in [1.165, 1.54) is 6.42 Å². The van der Waals surface area contributed by atoms with Crippen molar-refractivity contribution in [3.63, 3.8) is 0 Å². The van der Waals surface area contributed by atoms with Crippen molar-refractivity contribution in [3.8, 4) is 0 Å². The van der Waals surface area contributed by atoms with Crippen LogP contribution in [0.1, 0.15) is 44.9 Å². The highest BCUT2D eigenvalue weighted by atomic mass is 16.4. The summed E-state index contributed by atoms with van der Waals surface area (Å²) in [6.07, 6.45) is 7.09. The number of carboxylic acid groups (broad SMARTS) is 1. The molecule has 2 amide bonds. The number of hydrogen-bond donors (Lipinski definition) is 1. The van der Waals surface area contributed by atoms with E-state index in [9.17, 15) is 14.7 Å². The Labute approximate surface area is 113 Å². The van der Waals surface area contributed by atoms with Gasteiger partial charge in [0.1, 0.15) is 6.04 Å². The topological polar surface area (TPSA) is 60.9 Å². The van der Waals surface area contributed by atoms with E-state index in [0.717, 1.165) is 32.1 Å². The number of urea groups is 1. The molecule has 2 aliphatic carbocycles. The fourth-order valence-electron chi connectivity index (χ4n) is 3.76. The zero-order valence-corrected chi connectivity index (χ0v) is 11.4. The van der Waals surface area contributed by atoms with Gasteiger partial charge in [0.05, 0.1) is 0 Å². The third-order valence-electron chi connectivity index (χ3n) is 4.99. The molecular weight excluding hydrogens is 244 g/mol. The van der Waals surface area contributed by atoms with Gasteiger partial charge in [-0.1, -0.05) is 12.8 Å². The molecular formula is C14H22N2O3. The monoisotopic (exact) mass is 266 g/mol. The van der Waals surface area contributed by atoms with Crippen LogP contribution in [-0.4, -0.2) is 52.1 Å². The highest BCUT2D eigenvalue weighted by molar-refractivity contribution is 5.84. The molecule has 1 heterocycles. The van der Waals surface area contributed by atoms with Gasteiger partial charge in [-0.3, -0.25) is 0 Å². The van der Waals surface area contributed by atoms with Gasteiger partial charge in [-0.15, -0.1) is 0 Å². The number of nitrogens with zero attached hydrogens (tertiary/aromatic N) is 2. The Hall–Kier alpha value is -1.26. The highest BCUT2D eigenvalue weighted by Gasteiger charge is 2.49. The Balaban J connectivity index is 1.81. The minimum Gasteiger partial charge on any atom is -0.480 e. The number of amides is 2. The van der Waals surface area contributed by atoms with E-state index in [4.69, 9.17) is 0 Å². The fourth-order valence-corrected chi connectivity index (χ4v) is 3.76. The molecule has 0 aromatic carbocycles. The molecule has 19 heavy (non-hydrogen) atoms. The van der Waals surface area contributed by atoms with Crippen molar-refractivity contribution in [1.29, 1.82) is 0 Å². The first-order valence-electron chi connectivity index (χ1n) is 7.37. The number of rotatable bonds is 2. The number of carbonyl (C=O) groups excluding carboxylic acids is 1. The summed E-state index contributed by atoms with van der Waals surface area (Å²) < 4.78 is 0. The molecule has 3 fully saturated rings. The molecule has 3 unspecified atom stereocenters. The van der Waals surface area contributed by atoms with E-state index in [1.807, 2.05) is 7.05 Å². The first-order chi connectivity index (χ1) is 9.09. The summed E-state index contributed by atoms with van der Waals surface area (Å²) in [5.41, 5.74) is 0. The number of hydrogen-bond acceptors (Lipinski definition) is 2. The molecule has 0 spiro atoms. The van der Waals surface area contributed by atoms with Crippen LogP contribution in [0.2, 0.25) is 0 Å². The SMILES string of the molecule is CN(C(=O)N1C(C(=O)O)CC2CCCCC21)C1CC1. The Morgan fingerprint density at radius 3 is 2.47 bits per heavy atom. The van der Waals surface area contributed by atoms with Crippen LogP contribution < -0.4 is 0 Å². The van der Waals surface area contributed by atoms with E-state index < -0.39 is 12.0 Å². The number of carbonyl (C=O) groups is 2. The smallest absolute Gasteiger partial charge is 0.326 e. The summed E-state index contributed by atoms with van der Waals surface area (Å²) in [5.74, 6) is -0.446. The molecule has 3 atom stereocenters. The van der Waals surface area contributed by atoms with Crippen molar-refractivity contribution < 1.29 is 14.7 Å². The largest absolute Gasteiger partial charge is 0.480 e. The van der Waals surface area contributed by atoms with E-state index >= 15 is 0 Å². The zero-order valence-electron chi connectivity index (χ0n) is 11.4. The standard InChI is InChI=1S/C14H22N2O3/c1-15(10-6-7-10)14(19)16-11-5-3-2-4-9(11)8-12(16)13(17)18/h9-12H,2-8H2,1H3,(H,17,18). The van der Waals surface area contributed by atoms with Gasteiger partial charge in [-0.2, -0.15) is 0 Å². The zero-order chi connectivity index (χ0) is 13.6. The van der Waals surface area contributed by atoms with Crippen molar-refractivity contribution in [1.82, 2.24) is 9.80 Å². The van der Waals surface area contributed by atoms with Crippen LogP contribution in [0.4, 0.5) is 4.79 Å². The van der Waals surface area contributed by atoms with E-state index in [2.05, 4.69) is 0 Å². The Bertz CT molecular complexity index is 394. The van der Waals surface area contributed by atoms with Crippen LogP contribution >= 0.6 is 0 Å². The van der Waals surface area contributed by atoms with E-state index in [1.54, 1.807) is 9.80 Å². The van der Waals surface area contributed by atoms with Crippen molar-refractivity contribution in [3.05, 3.63) is 0 Å². The van der Waals surface area contributed by atoms with Gasteiger partial charge >= 0.3 is 12.0 Å². The van der Waals surface area contributed by atoms with Gasteiger partial charge in [0.15, 0.2) is 0 Å². The fraction of sp³-hybridized carbons (Fsp3) is 0.857. The third kappa shape index (κ3) is 2.19. The lowest BCUT2D eigenvalue weighted by atomic mass is 9.85. The van der Waals surface area contributed by atoms with Crippen LogP contribution in [0.15, 0.2) is 0 Å². The molecule has 106 valence electrons. The second-order valence-corrected chi connectivity index (χ2v) is 6.23. The predicted molar refractivity (Wildman–Crippen MR) is 69.8 cm³/mol. The second kappa shape index (κ2) is 4.69. The third-order valence-corrected chi connectivity index (χ3v) is 4.99. The van der Waals surface area contributed by atoms with Gasteiger partial charge < -0.3 is 14.9 Å². The maximum Gasteiger partial charge on any atom is 0.326 e. The molecule has 1 aliphatic heterocycles. The summed E-state index contributed by atoms with van der Waals surface area (Å²) >= 11 is 0. The van der Waals surface area contributed by atoms with Crippen LogP contribution in [-0.2, 0) is 4.79 Å². The molecule has 3 aliphatic rings. The second-order valence-electron chi connectivity index (χ2n) is 6.23. The first-order valence-corrected chi connectivity index (χ1v) is 7.37. The Morgan fingerprint density at radius 1 is 1.16 bits per heavy atom. The lowest BCUT2D eigenvalue weighted by Crippen LogP contribution is -2.51. The molecule has 1 N–H and O–H groups in total. The molecule has 1 saturated heterocycles. The summed E-state index contributed by atoms with van der Waals surface area (Å²) in [7, 11) is 1.81. The van der Waals surface area contributed by atoms with Crippen LogP contribution in [0.3, 0.4) is 0 Å². The van der Waals surface area contributed by atoms with Gasteiger partial charge in [0, 0.05) is 19.1 Å². The molecule has 2 saturated carbocycles. The number of fused-ring (bicyclic) bond motifs is 1. The molecule has 0 bridgehead atoms. The maximum atomic E-state index is 12.6. The van der Waals surface area contributed by atoms with Crippen LogP contribution in [0.5, 0.6) is 0 Å². The van der Waals surface area contributed by atoms with Gasteiger partial charge in [0.2, 0.25) is 0 Å². The van der Waals surface area contributed by atoms with Crippen molar-refractivity contribution >= 4 is 12.0 Å². The average molecular weight is 266 g/mol. The van der Waals surface area contributed by atoms with Gasteiger partial charge in [0.25, 0.3) is 0 Å². The quantitative estimate of drug-likeness (QED) is 0.830. The van der Waals surface area contributed by atoms with Crippen molar-refractivity contribution in [2.45, 2.75) is 63.1 Å². The molecule has 3 rings (SSSR count). The molecule has 0 aromatic rings. The molecule has 0 aromatic heterocycles. The average Bonchev–Trinajstić information content (AvgIpc) is 3.16. The summed E-state index contributed by atoms with van der Waals surface area (Å²) in [6.45, 7) is 0. The van der Waals surface area contributed by atoms with E-state index in [0.29, 0.717) is 18.4 Å². The van der Waals surface area contributed by atoms with Crippen LogP contribution in [0, 0.1) is 5.92 Å². The first kappa shape index (κ1) is 12.8. The summed E-state index contributed by atoms with van der Waals surface area (Å²) in [6, 6.07) is -0.181. The van der Waals surface area contributed by atoms with Crippen LogP contribution in [0.25, 0.3) is 0 Å². The van der Waals surface area contributed by atoms with Gasteiger partial charge in [-0.05, 0) is 38.0 Å². The minimum atomic E-state index is -0.841. The van der Waals surface area contributed by atoms with Crippen molar-refractivity contribution in [2.75, 3.05) is 7.05 Å².